The molecule has 0 radical (unpaired) electrons. The molecule has 0 saturated heterocycles. The lowest BCUT2D eigenvalue weighted by Crippen LogP contribution is -2.15. The second-order valence-electron chi connectivity index (χ2n) is 4.15. The molecular formula is C13H21NO3. The van der Waals surface area contributed by atoms with Gasteiger partial charge in [-0.1, -0.05) is 6.07 Å². The molecule has 0 aliphatic carbocycles. The second kappa shape index (κ2) is 7.14. The highest BCUT2D eigenvalue weighted by Crippen LogP contribution is 2.28. The first kappa shape index (κ1) is 13.8. The Labute approximate surface area is 103 Å². The molecule has 0 spiro atoms. The van der Waals surface area contributed by atoms with Crippen molar-refractivity contribution in [3.63, 3.8) is 0 Å². The summed E-state index contributed by atoms with van der Waals surface area (Å²) in [5, 5.41) is 9.07. The highest BCUT2D eigenvalue weighted by Gasteiger charge is 2.05. The summed E-state index contributed by atoms with van der Waals surface area (Å²) in [6.45, 7) is 1.64. The third-order valence-electron chi connectivity index (χ3n) is 2.42. The Morgan fingerprint density at radius 1 is 1.24 bits per heavy atom. The van der Waals surface area contributed by atoms with Gasteiger partial charge in [0.15, 0.2) is 11.5 Å². The molecule has 0 aliphatic rings. The van der Waals surface area contributed by atoms with Crippen LogP contribution in [0.2, 0.25) is 0 Å². The molecule has 4 nitrogen and oxygen atoms in total. The van der Waals surface area contributed by atoms with E-state index >= 15 is 0 Å². The number of aliphatic hydroxyl groups excluding tert-OH is 1. The minimum absolute atomic E-state index is 0.0120. The zero-order valence-corrected chi connectivity index (χ0v) is 10.8. The summed E-state index contributed by atoms with van der Waals surface area (Å²) in [6, 6.07) is 5.45. The number of rotatable bonds is 7. The maximum absolute atomic E-state index is 9.07. The number of methoxy groups -OCH3 is 1. The SMILES string of the molecule is COc1ccc(CO)cc1OCCCN(C)C. The lowest BCUT2D eigenvalue weighted by molar-refractivity contribution is 0.263. The van der Waals surface area contributed by atoms with Crippen LogP contribution in [0.3, 0.4) is 0 Å². The van der Waals surface area contributed by atoms with Crippen LogP contribution in [0.4, 0.5) is 0 Å². The molecule has 1 aromatic carbocycles. The predicted molar refractivity (Wildman–Crippen MR) is 67.6 cm³/mol. The summed E-state index contributed by atoms with van der Waals surface area (Å²) in [6.07, 6.45) is 0.958. The lowest BCUT2D eigenvalue weighted by atomic mass is 10.2. The molecular weight excluding hydrogens is 218 g/mol. The quantitative estimate of drug-likeness (QED) is 0.732. The number of ether oxygens (including phenoxy) is 2. The Hall–Kier alpha value is -1.26. The van der Waals surface area contributed by atoms with Gasteiger partial charge in [-0.15, -0.1) is 0 Å². The number of hydrogen-bond acceptors (Lipinski definition) is 4. The van der Waals surface area contributed by atoms with E-state index in [1.807, 2.05) is 32.3 Å². The molecule has 0 bridgehead atoms. The monoisotopic (exact) mass is 239 g/mol. The largest absolute Gasteiger partial charge is 0.493 e. The number of aliphatic hydroxyl groups is 1. The fourth-order valence-electron chi connectivity index (χ4n) is 1.50. The van der Waals surface area contributed by atoms with E-state index in [2.05, 4.69) is 4.90 Å². The first-order valence-corrected chi connectivity index (χ1v) is 5.72. The van der Waals surface area contributed by atoms with Gasteiger partial charge in [0.2, 0.25) is 0 Å². The highest BCUT2D eigenvalue weighted by molar-refractivity contribution is 5.42. The van der Waals surface area contributed by atoms with Crippen molar-refractivity contribution in [3.05, 3.63) is 23.8 Å². The molecule has 17 heavy (non-hydrogen) atoms. The van der Waals surface area contributed by atoms with Crippen LogP contribution in [0.15, 0.2) is 18.2 Å². The van der Waals surface area contributed by atoms with Crippen LogP contribution in [-0.4, -0.2) is 44.4 Å². The Kier molecular flexibility index (Phi) is 5.80. The molecule has 0 saturated carbocycles. The zero-order chi connectivity index (χ0) is 12.7. The zero-order valence-electron chi connectivity index (χ0n) is 10.8. The van der Waals surface area contributed by atoms with Crippen molar-refractivity contribution < 1.29 is 14.6 Å². The Balaban J connectivity index is 2.55. The van der Waals surface area contributed by atoms with E-state index in [4.69, 9.17) is 14.6 Å². The van der Waals surface area contributed by atoms with E-state index < -0.39 is 0 Å². The van der Waals surface area contributed by atoms with E-state index in [0.717, 1.165) is 18.5 Å². The van der Waals surface area contributed by atoms with E-state index in [1.165, 1.54) is 0 Å². The average molecular weight is 239 g/mol. The number of hydrogen-bond donors (Lipinski definition) is 1. The van der Waals surface area contributed by atoms with Crippen LogP contribution in [0.5, 0.6) is 11.5 Å². The van der Waals surface area contributed by atoms with Crippen LogP contribution in [0, 0.1) is 0 Å². The van der Waals surface area contributed by atoms with Gasteiger partial charge >= 0.3 is 0 Å². The Morgan fingerprint density at radius 3 is 2.59 bits per heavy atom. The van der Waals surface area contributed by atoms with E-state index in [9.17, 15) is 0 Å². The van der Waals surface area contributed by atoms with Crippen LogP contribution in [0.1, 0.15) is 12.0 Å². The lowest BCUT2D eigenvalue weighted by Gasteiger charge is -2.13. The van der Waals surface area contributed by atoms with Gasteiger partial charge in [0.1, 0.15) is 0 Å². The van der Waals surface area contributed by atoms with Gasteiger partial charge in [-0.3, -0.25) is 0 Å². The number of benzene rings is 1. The molecule has 96 valence electrons. The highest BCUT2D eigenvalue weighted by atomic mass is 16.5. The molecule has 1 N–H and O–H groups in total. The fraction of sp³-hybridized carbons (Fsp3) is 0.538. The van der Waals surface area contributed by atoms with E-state index in [0.29, 0.717) is 18.1 Å². The van der Waals surface area contributed by atoms with Gasteiger partial charge in [0, 0.05) is 6.54 Å². The summed E-state index contributed by atoms with van der Waals surface area (Å²) in [4.78, 5) is 2.12. The molecule has 0 amide bonds. The molecule has 0 atom stereocenters. The van der Waals surface area contributed by atoms with Gasteiger partial charge in [-0.25, -0.2) is 0 Å². The van der Waals surface area contributed by atoms with Gasteiger partial charge < -0.3 is 19.5 Å². The second-order valence-corrected chi connectivity index (χ2v) is 4.15. The molecule has 1 rings (SSSR count). The standard InChI is InChI=1S/C13H21NO3/c1-14(2)7-4-8-17-13-9-11(10-15)5-6-12(13)16-3/h5-6,9,15H,4,7-8,10H2,1-3H3. The first-order chi connectivity index (χ1) is 8.17. The molecule has 0 heterocycles. The van der Waals surface area contributed by atoms with Crippen molar-refractivity contribution >= 4 is 0 Å². The minimum atomic E-state index is 0.0120. The van der Waals surface area contributed by atoms with E-state index in [1.54, 1.807) is 7.11 Å². The molecule has 4 heteroatoms. The topological polar surface area (TPSA) is 41.9 Å². The van der Waals surface area contributed by atoms with Crippen molar-refractivity contribution in [1.29, 1.82) is 0 Å². The van der Waals surface area contributed by atoms with Crippen LogP contribution < -0.4 is 9.47 Å². The van der Waals surface area contributed by atoms with Gasteiger partial charge in [0.25, 0.3) is 0 Å². The van der Waals surface area contributed by atoms with Gasteiger partial charge in [0.05, 0.1) is 20.3 Å². The van der Waals surface area contributed by atoms with Crippen molar-refractivity contribution in [2.75, 3.05) is 34.4 Å². The van der Waals surface area contributed by atoms with Crippen molar-refractivity contribution in [2.45, 2.75) is 13.0 Å². The van der Waals surface area contributed by atoms with Crippen molar-refractivity contribution in [3.8, 4) is 11.5 Å². The fourth-order valence-corrected chi connectivity index (χ4v) is 1.50. The van der Waals surface area contributed by atoms with Crippen LogP contribution in [0.25, 0.3) is 0 Å². The first-order valence-electron chi connectivity index (χ1n) is 5.72. The van der Waals surface area contributed by atoms with Crippen molar-refractivity contribution in [1.82, 2.24) is 4.90 Å². The third kappa shape index (κ3) is 4.63. The summed E-state index contributed by atoms with van der Waals surface area (Å²) >= 11 is 0. The minimum Gasteiger partial charge on any atom is -0.493 e. The molecule has 1 aromatic rings. The smallest absolute Gasteiger partial charge is 0.161 e. The third-order valence-corrected chi connectivity index (χ3v) is 2.42. The van der Waals surface area contributed by atoms with Crippen LogP contribution in [-0.2, 0) is 6.61 Å². The van der Waals surface area contributed by atoms with Gasteiger partial charge in [-0.2, -0.15) is 0 Å². The maximum Gasteiger partial charge on any atom is 0.161 e. The van der Waals surface area contributed by atoms with Gasteiger partial charge in [-0.05, 0) is 38.2 Å². The molecule has 0 fully saturated rings. The molecule has 0 aliphatic heterocycles. The average Bonchev–Trinajstić information content (AvgIpc) is 2.34. The van der Waals surface area contributed by atoms with Crippen molar-refractivity contribution in [2.24, 2.45) is 0 Å². The Morgan fingerprint density at radius 2 is 2.00 bits per heavy atom. The van der Waals surface area contributed by atoms with E-state index in [-0.39, 0.29) is 6.61 Å². The summed E-state index contributed by atoms with van der Waals surface area (Å²) in [5.74, 6) is 1.39. The summed E-state index contributed by atoms with van der Waals surface area (Å²) in [5.41, 5.74) is 0.827. The summed E-state index contributed by atoms with van der Waals surface area (Å²) in [7, 11) is 5.68. The Bertz CT molecular complexity index is 339. The maximum atomic E-state index is 9.07. The molecule has 0 unspecified atom stereocenters. The predicted octanol–water partition coefficient (Wildman–Crippen LogP) is 1.52. The molecule has 0 aromatic heterocycles. The summed E-state index contributed by atoms with van der Waals surface area (Å²) < 4.78 is 10.9. The number of nitrogens with zero attached hydrogens (tertiary/aromatic N) is 1. The van der Waals surface area contributed by atoms with Crippen LogP contribution >= 0.6 is 0 Å². The normalized spacial score (nSPS) is 10.6.